The molecule has 1 aromatic carbocycles. The molecule has 17 heavy (non-hydrogen) atoms. The fourth-order valence-electron chi connectivity index (χ4n) is 1.60. The molecule has 0 bridgehead atoms. The van der Waals surface area contributed by atoms with Crippen molar-refractivity contribution in [3.05, 3.63) is 23.8 Å². The number of unbranched alkanes of at least 4 members (excludes halogenated alkanes) is 1. The number of rotatable bonds is 5. The summed E-state index contributed by atoms with van der Waals surface area (Å²) >= 11 is 0. The van der Waals surface area contributed by atoms with Crippen LogP contribution >= 0.6 is 0 Å². The molecular formula is C13H21N3O. The molecule has 0 atom stereocenters. The van der Waals surface area contributed by atoms with Gasteiger partial charge in [0.25, 0.3) is 5.91 Å². The number of nitrogens with two attached hydrogens (primary N) is 1. The average Bonchev–Trinajstić information content (AvgIpc) is 2.28. The number of nitrogens with zero attached hydrogens (tertiary/aromatic N) is 1. The molecule has 1 rings (SSSR count). The number of amides is 1. The minimum absolute atomic E-state index is 0.0607. The lowest BCUT2D eigenvalue weighted by Gasteiger charge is -2.17. The highest BCUT2D eigenvalue weighted by molar-refractivity contribution is 6.00. The predicted molar refractivity (Wildman–Crippen MR) is 72.4 cm³/mol. The second kappa shape index (κ2) is 6.13. The summed E-state index contributed by atoms with van der Waals surface area (Å²) < 4.78 is 0. The Bertz CT molecular complexity index is 388. The second-order valence-electron chi connectivity index (χ2n) is 4.28. The van der Waals surface area contributed by atoms with Gasteiger partial charge in [0, 0.05) is 32.0 Å². The van der Waals surface area contributed by atoms with Gasteiger partial charge in [-0.2, -0.15) is 0 Å². The van der Waals surface area contributed by atoms with Gasteiger partial charge in [-0.1, -0.05) is 13.3 Å². The van der Waals surface area contributed by atoms with Gasteiger partial charge >= 0.3 is 0 Å². The largest absolute Gasteiger partial charge is 0.399 e. The summed E-state index contributed by atoms with van der Waals surface area (Å²) in [6.45, 7) is 2.80. The monoisotopic (exact) mass is 235 g/mol. The third-order valence-corrected chi connectivity index (χ3v) is 2.56. The summed E-state index contributed by atoms with van der Waals surface area (Å²) in [5.74, 6) is -0.0607. The lowest BCUT2D eigenvalue weighted by Crippen LogP contribution is -2.26. The summed E-state index contributed by atoms with van der Waals surface area (Å²) in [5, 5.41) is 2.90. The van der Waals surface area contributed by atoms with Crippen molar-refractivity contribution in [3.8, 4) is 0 Å². The van der Waals surface area contributed by atoms with E-state index in [2.05, 4.69) is 12.2 Å². The molecule has 0 fully saturated rings. The molecule has 4 nitrogen and oxygen atoms in total. The molecule has 0 aromatic heterocycles. The van der Waals surface area contributed by atoms with Crippen LogP contribution in [0, 0.1) is 0 Å². The second-order valence-corrected chi connectivity index (χ2v) is 4.28. The number of benzene rings is 1. The summed E-state index contributed by atoms with van der Waals surface area (Å²) in [6.07, 6.45) is 2.06. The average molecular weight is 235 g/mol. The number of hydrogen-bond donors (Lipinski definition) is 2. The van der Waals surface area contributed by atoms with Gasteiger partial charge in [-0.05, 0) is 24.6 Å². The maximum absolute atomic E-state index is 12.0. The first-order valence-electron chi connectivity index (χ1n) is 5.91. The number of carbonyl (C=O) groups is 1. The van der Waals surface area contributed by atoms with Gasteiger partial charge in [0.1, 0.15) is 0 Å². The Morgan fingerprint density at radius 2 is 2.12 bits per heavy atom. The van der Waals surface area contributed by atoms with E-state index in [0.717, 1.165) is 18.5 Å². The Labute approximate surface area is 103 Å². The Morgan fingerprint density at radius 3 is 2.71 bits per heavy atom. The minimum Gasteiger partial charge on any atom is -0.399 e. The van der Waals surface area contributed by atoms with Crippen molar-refractivity contribution in [1.82, 2.24) is 5.32 Å². The zero-order valence-electron chi connectivity index (χ0n) is 10.8. The van der Waals surface area contributed by atoms with Crippen LogP contribution in [0.1, 0.15) is 30.1 Å². The molecule has 0 aliphatic rings. The molecule has 0 saturated heterocycles. The molecule has 0 aliphatic heterocycles. The van der Waals surface area contributed by atoms with E-state index < -0.39 is 0 Å². The van der Waals surface area contributed by atoms with Gasteiger partial charge in [-0.25, -0.2) is 0 Å². The normalized spacial score (nSPS) is 10.1. The van der Waals surface area contributed by atoms with E-state index in [1.165, 1.54) is 0 Å². The number of nitrogen functional groups attached to an aromatic ring is 1. The molecule has 0 unspecified atom stereocenters. The van der Waals surface area contributed by atoms with Crippen LogP contribution in [-0.4, -0.2) is 26.5 Å². The van der Waals surface area contributed by atoms with Gasteiger partial charge in [0.05, 0.1) is 5.56 Å². The molecule has 0 radical (unpaired) electrons. The maximum Gasteiger partial charge on any atom is 0.253 e. The van der Waals surface area contributed by atoms with Crippen molar-refractivity contribution in [2.45, 2.75) is 19.8 Å². The lowest BCUT2D eigenvalue weighted by atomic mass is 10.1. The number of anilines is 2. The topological polar surface area (TPSA) is 58.4 Å². The van der Waals surface area contributed by atoms with Crippen LogP contribution in [0.2, 0.25) is 0 Å². The molecule has 3 N–H and O–H groups in total. The van der Waals surface area contributed by atoms with Crippen LogP contribution in [0.25, 0.3) is 0 Å². The van der Waals surface area contributed by atoms with Crippen molar-refractivity contribution in [2.24, 2.45) is 0 Å². The molecule has 1 amide bonds. The first kappa shape index (κ1) is 13.4. The smallest absolute Gasteiger partial charge is 0.253 e. The number of carbonyl (C=O) groups excluding carboxylic acids is 1. The first-order chi connectivity index (χ1) is 8.06. The molecule has 0 spiro atoms. The fourth-order valence-corrected chi connectivity index (χ4v) is 1.60. The Kier molecular flexibility index (Phi) is 4.82. The summed E-state index contributed by atoms with van der Waals surface area (Å²) in [5.41, 5.74) is 7.84. The van der Waals surface area contributed by atoms with Crippen molar-refractivity contribution in [2.75, 3.05) is 31.3 Å². The standard InChI is InChI=1S/C13H21N3O/c1-4-5-8-15-13(17)11-9-10(14)6-7-12(11)16(2)3/h6-7,9H,4-5,8,14H2,1-3H3,(H,15,17). The van der Waals surface area contributed by atoms with Crippen LogP contribution in [0.3, 0.4) is 0 Å². The van der Waals surface area contributed by atoms with E-state index >= 15 is 0 Å². The minimum atomic E-state index is -0.0607. The zero-order chi connectivity index (χ0) is 12.8. The maximum atomic E-state index is 12.0. The molecule has 0 heterocycles. The fraction of sp³-hybridized carbons (Fsp3) is 0.462. The number of hydrogen-bond acceptors (Lipinski definition) is 3. The first-order valence-corrected chi connectivity index (χ1v) is 5.91. The SMILES string of the molecule is CCCCNC(=O)c1cc(N)ccc1N(C)C. The van der Waals surface area contributed by atoms with Crippen molar-refractivity contribution in [1.29, 1.82) is 0 Å². The summed E-state index contributed by atoms with van der Waals surface area (Å²) in [4.78, 5) is 13.9. The third-order valence-electron chi connectivity index (χ3n) is 2.56. The Hall–Kier alpha value is -1.71. The van der Waals surface area contributed by atoms with Crippen LogP contribution < -0.4 is 16.0 Å². The predicted octanol–water partition coefficient (Wildman–Crippen LogP) is 1.86. The van der Waals surface area contributed by atoms with Crippen LogP contribution in [0.15, 0.2) is 18.2 Å². The quantitative estimate of drug-likeness (QED) is 0.605. The van der Waals surface area contributed by atoms with Crippen molar-refractivity contribution in [3.63, 3.8) is 0 Å². The molecule has 1 aromatic rings. The molecular weight excluding hydrogens is 214 g/mol. The van der Waals surface area contributed by atoms with E-state index in [0.29, 0.717) is 17.8 Å². The lowest BCUT2D eigenvalue weighted by molar-refractivity contribution is 0.0953. The van der Waals surface area contributed by atoms with E-state index in [1.54, 1.807) is 12.1 Å². The molecule has 4 heteroatoms. The van der Waals surface area contributed by atoms with Gasteiger partial charge in [0.15, 0.2) is 0 Å². The highest BCUT2D eigenvalue weighted by Gasteiger charge is 2.12. The Morgan fingerprint density at radius 1 is 1.41 bits per heavy atom. The van der Waals surface area contributed by atoms with Crippen LogP contribution in [-0.2, 0) is 0 Å². The highest BCUT2D eigenvalue weighted by Crippen LogP contribution is 2.21. The van der Waals surface area contributed by atoms with E-state index in [1.807, 2.05) is 25.1 Å². The summed E-state index contributed by atoms with van der Waals surface area (Å²) in [7, 11) is 3.82. The molecule has 94 valence electrons. The van der Waals surface area contributed by atoms with Crippen molar-refractivity contribution < 1.29 is 4.79 Å². The zero-order valence-corrected chi connectivity index (χ0v) is 10.8. The van der Waals surface area contributed by atoms with Crippen LogP contribution in [0.5, 0.6) is 0 Å². The van der Waals surface area contributed by atoms with Gasteiger partial charge < -0.3 is 16.0 Å². The van der Waals surface area contributed by atoms with Crippen LogP contribution in [0.4, 0.5) is 11.4 Å². The number of nitrogens with one attached hydrogen (secondary N) is 1. The van der Waals surface area contributed by atoms with E-state index in [4.69, 9.17) is 5.73 Å². The van der Waals surface area contributed by atoms with E-state index in [-0.39, 0.29) is 5.91 Å². The van der Waals surface area contributed by atoms with Gasteiger partial charge in [-0.15, -0.1) is 0 Å². The molecule has 0 saturated carbocycles. The van der Waals surface area contributed by atoms with Gasteiger partial charge in [0.2, 0.25) is 0 Å². The van der Waals surface area contributed by atoms with Gasteiger partial charge in [-0.3, -0.25) is 4.79 Å². The highest BCUT2D eigenvalue weighted by atomic mass is 16.1. The Balaban J connectivity index is 2.87. The third kappa shape index (κ3) is 3.66. The summed E-state index contributed by atoms with van der Waals surface area (Å²) in [6, 6.07) is 5.39. The van der Waals surface area contributed by atoms with E-state index in [9.17, 15) is 4.79 Å². The molecule has 0 aliphatic carbocycles. The van der Waals surface area contributed by atoms with Crippen molar-refractivity contribution >= 4 is 17.3 Å².